The first-order valence-electron chi connectivity index (χ1n) is 8.38. The largest absolute Gasteiger partial charge is 0.377 e. The van der Waals surface area contributed by atoms with E-state index >= 15 is 0 Å². The van der Waals surface area contributed by atoms with Gasteiger partial charge in [-0.25, -0.2) is 0 Å². The Kier molecular flexibility index (Phi) is 6.75. The SMILES string of the molecule is CC(C)CN1CCN(CCOC2CCN(C)CC2)CC1. The summed E-state index contributed by atoms with van der Waals surface area (Å²) in [4.78, 5) is 7.55. The molecule has 0 aromatic carbocycles. The lowest BCUT2D eigenvalue weighted by Gasteiger charge is -2.36. The van der Waals surface area contributed by atoms with Crippen LogP contribution in [0.15, 0.2) is 0 Å². The van der Waals surface area contributed by atoms with E-state index in [1.165, 1.54) is 58.7 Å². The van der Waals surface area contributed by atoms with E-state index in [1.807, 2.05) is 0 Å². The summed E-state index contributed by atoms with van der Waals surface area (Å²) < 4.78 is 6.04. The summed E-state index contributed by atoms with van der Waals surface area (Å²) in [6.45, 7) is 15.2. The summed E-state index contributed by atoms with van der Waals surface area (Å²) in [5, 5.41) is 0. The highest BCUT2D eigenvalue weighted by atomic mass is 16.5. The molecule has 2 rings (SSSR count). The van der Waals surface area contributed by atoms with E-state index in [0.29, 0.717) is 6.10 Å². The van der Waals surface area contributed by atoms with Crippen molar-refractivity contribution >= 4 is 0 Å². The number of hydrogen-bond donors (Lipinski definition) is 0. The summed E-state index contributed by atoms with van der Waals surface area (Å²) in [6.07, 6.45) is 2.92. The van der Waals surface area contributed by atoms with E-state index in [1.54, 1.807) is 0 Å². The van der Waals surface area contributed by atoms with Crippen LogP contribution in [0.3, 0.4) is 0 Å². The van der Waals surface area contributed by atoms with Crippen molar-refractivity contribution in [3.05, 3.63) is 0 Å². The van der Waals surface area contributed by atoms with Crippen LogP contribution in [0.2, 0.25) is 0 Å². The second kappa shape index (κ2) is 8.32. The third-order valence-corrected chi connectivity index (χ3v) is 4.51. The second-order valence-electron chi connectivity index (χ2n) is 6.91. The number of ether oxygens (including phenoxy) is 1. The Hall–Kier alpha value is -0.160. The van der Waals surface area contributed by atoms with Gasteiger partial charge in [0.25, 0.3) is 0 Å². The van der Waals surface area contributed by atoms with Gasteiger partial charge in [-0.2, -0.15) is 0 Å². The summed E-state index contributed by atoms with van der Waals surface area (Å²) >= 11 is 0. The standard InChI is InChI=1S/C16H33N3O/c1-15(2)14-19-10-8-18(9-11-19)12-13-20-16-4-6-17(3)7-5-16/h15-16H,4-14H2,1-3H3. The van der Waals surface area contributed by atoms with Gasteiger partial charge in [-0.05, 0) is 25.8 Å². The van der Waals surface area contributed by atoms with Gasteiger partial charge < -0.3 is 14.5 Å². The molecule has 2 heterocycles. The van der Waals surface area contributed by atoms with Gasteiger partial charge in [-0.15, -0.1) is 0 Å². The zero-order valence-electron chi connectivity index (χ0n) is 13.7. The Balaban J connectivity index is 1.53. The van der Waals surface area contributed by atoms with E-state index in [4.69, 9.17) is 4.74 Å². The topological polar surface area (TPSA) is 19.0 Å². The van der Waals surface area contributed by atoms with E-state index < -0.39 is 0 Å². The van der Waals surface area contributed by atoms with Crippen molar-refractivity contribution in [1.82, 2.24) is 14.7 Å². The van der Waals surface area contributed by atoms with Gasteiger partial charge in [0.05, 0.1) is 12.7 Å². The van der Waals surface area contributed by atoms with Crippen LogP contribution in [0.4, 0.5) is 0 Å². The third kappa shape index (κ3) is 5.68. The zero-order valence-corrected chi connectivity index (χ0v) is 13.7. The summed E-state index contributed by atoms with van der Waals surface area (Å²) in [6, 6.07) is 0. The predicted octanol–water partition coefficient (Wildman–Crippen LogP) is 1.37. The first-order valence-corrected chi connectivity index (χ1v) is 8.38. The van der Waals surface area contributed by atoms with Crippen LogP contribution >= 0.6 is 0 Å². The molecule has 20 heavy (non-hydrogen) atoms. The molecule has 0 aromatic heterocycles. The number of hydrogen-bond acceptors (Lipinski definition) is 4. The van der Waals surface area contributed by atoms with Gasteiger partial charge in [0.15, 0.2) is 0 Å². The molecular formula is C16H33N3O. The minimum atomic E-state index is 0.508. The Morgan fingerprint density at radius 3 is 2.15 bits per heavy atom. The van der Waals surface area contributed by atoms with Crippen molar-refractivity contribution in [3.63, 3.8) is 0 Å². The molecule has 0 aromatic rings. The number of piperidine rings is 1. The molecule has 0 unspecified atom stereocenters. The molecule has 0 saturated carbocycles. The molecule has 0 atom stereocenters. The Labute approximate surface area is 125 Å². The number of likely N-dealkylation sites (tertiary alicyclic amines) is 1. The number of rotatable bonds is 6. The van der Waals surface area contributed by atoms with Crippen LogP contribution in [0.1, 0.15) is 26.7 Å². The molecule has 0 aliphatic carbocycles. The molecule has 0 radical (unpaired) electrons. The molecule has 2 saturated heterocycles. The van der Waals surface area contributed by atoms with Crippen molar-refractivity contribution in [2.45, 2.75) is 32.8 Å². The monoisotopic (exact) mass is 283 g/mol. The lowest BCUT2D eigenvalue weighted by Crippen LogP contribution is -2.48. The molecule has 4 heteroatoms. The van der Waals surface area contributed by atoms with Gasteiger partial charge in [-0.3, -0.25) is 4.90 Å². The van der Waals surface area contributed by atoms with Gasteiger partial charge >= 0.3 is 0 Å². The summed E-state index contributed by atoms with van der Waals surface area (Å²) in [5.41, 5.74) is 0. The molecule has 2 aliphatic heterocycles. The van der Waals surface area contributed by atoms with Crippen molar-refractivity contribution in [2.24, 2.45) is 5.92 Å². The van der Waals surface area contributed by atoms with Crippen LogP contribution < -0.4 is 0 Å². The van der Waals surface area contributed by atoms with Crippen LogP contribution in [-0.2, 0) is 4.74 Å². The van der Waals surface area contributed by atoms with Crippen LogP contribution in [0.5, 0.6) is 0 Å². The highest BCUT2D eigenvalue weighted by Gasteiger charge is 2.19. The van der Waals surface area contributed by atoms with E-state index in [2.05, 4.69) is 35.6 Å². The summed E-state index contributed by atoms with van der Waals surface area (Å²) in [5.74, 6) is 0.786. The maximum atomic E-state index is 6.04. The molecular weight excluding hydrogens is 250 g/mol. The Morgan fingerprint density at radius 2 is 1.55 bits per heavy atom. The minimum Gasteiger partial charge on any atom is -0.377 e. The predicted molar refractivity (Wildman–Crippen MR) is 84.2 cm³/mol. The number of nitrogens with zero attached hydrogens (tertiary/aromatic N) is 3. The molecule has 0 amide bonds. The molecule has 0 bridgehead atoms. The molecule has 2 fully saturated rings. The molecule has 4 nitrogen and oxygen atoms in total. The highest BCUT2D eigenvalue weighted by molar-refractivity contribution is 4.73. The maximum Gasteiger partial charge on any atom is 0.0600 e. The Bertz CT molecular complexity index is 256. The van der Waals surface area contributed by atoms with Gasteiger partial charge in [0.1, 0.15) is 0 Å². The lowest BCUT2D eigenvalue weighted by molar-refractivity contribution is -0.00298. The van der Waals surface area contributed by atoms with Crippen LogP contribution in [0.25, 0.3) is 0 Å². The average molecular weight is 283 g/mol. The van der Waals surface area contributed by atoms with Crippen molar-refractivity contribution in [3.8, 4) is 0 Å². The summed E-state index contributed by atoms with van der Waals surface area (Å²) in [7, 11) is 2.20. The highest BCUT2D eigenvalue weighted by Crippen LogP contribution is 2.12. The minimum absolute atomic E-state index is 0.508. The lowest BCUT2D eigenvalue weighted by atomic mass is 10.1. The van der Waals surface area contributed by atoms with Crippen LogP contribution in [0, 0.1) is 5.92 Å². The smallest absolute Gasteiger partial charge is 0.0600 e. The third-order valence-electron chi connectivity index (χ3n) is 4.51. The molecule has 2 aliphatic rings. The van der Waals surface area contributed by atoms with E-state index in [-0.39, 0.29) is 0 Å². The molecule has 118 valence electrons. The van der Waals surface area contributed by atoms with Crippen molar-refractivity contribution in [2.75, 3.05) is 66.0 Å². The fourth-order valence-electron chi connectivity index (χ4n) is 3.21. The fourth-order valence-corrected chi connectivity index (χ4v) is 3.21. The second-order valence-corrected chi connectivity index (χ2v) is 6.91. The average Bonchev–Trinajstić information content (AvgIpc) is 2.42. The molecule has 0 spiro atoms. The first-order chi connectivity index (χ1) is 9.63. The van der Waals surface area contributed by atoms with Crippen molar-refractivity contribution in [1.29, 1.82) is 0 Å². The van der Waals surface area contributed by atoms with E-state index in [0.717, 1.165) is 19.1 Å². The Morgan fingerprint density at radius 1 is 0.950 bits per heavy atom. The van der Waals surface area contributed by atoms with Gasteiger partial charge in [0.2, 0.25) is 0 Å². The fraction of sp³-hybridized carbons (Fsp3) is 1.00. The zero-order chi connectivity index (χ0) is 14.4. The first kappa shape index (κ1) is 16.2. The number of piperazine rings is 1. The van der Waals surface area contributed by atoms with Crippen LogP contribution in [-0.4, -0.2) is 86.8 Å². The van der Waals surface area contributed by atoms with Crippen molar-refractivity contribution < 1.29 is 4.74 Å². The maximum absolute atomic E-state index is 6.04. The molecule has 0 N–H and O–H groups in total. The van der Waals surface area contributed by atoms with Gasteiger partial charge in [0, 0.05) is 52.4 Å². The normalized spacial score (nSPS) is 24.6. The quantitative estimate of drug-likeness (QED) is 0.733. The van der Waals surface area contributed by atoms with Gasteiger partial charge in [-0.1, -0.05) is 13.8 Å². The van der Waals surface area contributed by atoms with E-state index in [9.17, 15) is 0 Å².